The lowest BCUT2D eigenvalue weighted by atomic mass is 10.1. The first-order valence-electron chi connectivity index (χ1n) is 9.82. The molecule has 0 saturated carbocycles. The van der Waals surface area contributed by atoms with Gasteiger partial charge in [-0.15, -0.1) is 0 Å². The van der Waals surface area contributed by atoms with Crippen LogP contribution in [0.3, 0.4) is 0 Å². The van der Waals surface area contributed by atoms with Crippen LogP contribution in [0.4, 0.5) is 28.8 Å². The van der Waals surface area contributed by atoms with Crippen molar-refractivity contribution in [2.45, 2.75) is 13.8 Å². The number of nitrogens with one attached hydrogen (secondary N) is 3. The van der Waals surface area contributed by atoms with Gasteiger partial charge >= 0.3 is 0 Å². The molecule has 2 aromatic heterocycles. The first-order valence-corrected chi connectivity index (χ1v) is 9.82. The van der Waals surface area contributed by atoms with E-state index >= 15 is 0 Å². The van der Waals surface area contributed by atoms with Crippen molar-refractivity contribution in [2.24, 2.45) is 0 Å². The van der Waals surface area contributed by atoms with Gasteiger partial charge in [-0.1, -0.05) is 23.8 Å². The van der Waals surface area contributed by atoms with Gasteiger partial charge in [0.15, 0.2) is 0 Å². The molecule has 0 bridgehead atoms. The summed E-state index contributed by atoms with van der Waals surface area (Å²) in [6, 6.07) is 20.6. The highest BCUT2D eigenvalue weighted by Gasteiger charge is 2.09. The van der Waals surface area contributed by atoms with E-state index in [1.54, 1.807) is 12.3 Å². The maximum absolute atomic E-state index is 12.6. The van der Waals surface area contributed by atoms with E-state index in [0.717, 1.165) is 22.5 Å². The van der Waals surface area contributed by atoms with Crippen LogP contribution in [0.5, 0.6) is 0 Å². The Labute approximate surface area is 180 Å². The molecular weight excluding hydrogens is 388 g/mol. The zero-order chi connectivity index (χ0) is 21.6. The predicted molar refractivity (Wildman–Crippen MR) is 123 cm³/mol. The third-order valence-electron chi connectivity index (χ3n) is 4.63. The summed E-state index contributed by atoms with van der Waals surface area (Å²) in [6.07, 6.45) is 3.19. The Balaban J connectivity index is 1.40. The average Bonchev–Trinajstić information content (AvgIpc) is 2.76. The summed E-state index contributed by atoms with van der Waals surface area (Å²) in [5.74, 6) is 1.85. The summed E-state index contributed by atoms with van der Waals surface area (Å²) in [7, 11) is 0. The second-order valence-electron chi connectivity index (χ2n) is 7.10. The Hall–Kier alpha value is -4.26. The molecule has 2 aromatic carbocycles. The summed E-state index contributed by atoms with van der Waals surface area (Å²) >= 11 is 0. The van der Waals surface area contributed by atoms with Gasteiger partial charge in [-0.05, 0) is 61.9 Å². The second-order valence-corrected chi connectivity index (χ2v) is 7.10. The molecule has 7 heteroatoms. The first-order chi connectivity index (χ1) is 15.1. The Morgan fingerprint density at radius 2 is 1.48 bits per heavy atom. The number of nitrogens with zero attached hydrogens (tertiary/aromatic N) is 3. The van der Waals surface area contributed by atoms with Crippen LogP contribution in [-0.4, -0.2) is 20.9 Å². The predicted octanol–water partition coefficient (Wildman–Crippen LogP) is 5.23. The van der Waals surface area contributed by atoms with Crippen LogP contribution in [0, 0.1) is 13.8 Å². The Morgan fingerprint density at radius 3 is 2.19 bits per heavy atom. The van der Waals surface area contributed by atoms with Gasteiger partial charge in [0.1, 0.15) is 23.8 Å². The molecule has 0 aliphatic rings. The van der Waals surface area contributed by atoms with Gasteiger partial charge in [0.05, 0.1) is 0 Å². The van der Waals surface area contributed by atoms with Crippen molar-refractivity contribution in [1.29, 1.82) is 0 Å². The van der Waals surface area contributed by atoms with E-state index in [9.17, 15) is 4.79 Å². The molecule has 0 atom stereocenters. The third-order valence-corrected chi connectivity index (χ3v) is 4.63. The minimum atomic E-state index is -0.126. The molecule has 2 heterocycles. The number of aromatic nitrogens is 3. The molecule has 0 aliphatic heterocycles. The molecule has 0 saturated heterocycles. The monoisotopic (exact) mass is 410 g/mol. The highest BCUT2D eigenvalue weighted by Crippen LogP contribution is 2.21. The van der Waals surface area contributed by atoms with Gasteiger partial charge in [0.25, 0.3) is 5.91 Å². The number of benzene rings is 2. The maximum Gasteiger partial charge on any atom is 0.255 e. The third kappa shape index (κ3) is 5.22. The Bertz CT molecular complexity index is 1190. The number of rotatable bonds is 6. The van der Waals surface area contributed by atoms with Crippen molar-refractivity contribution < 1.29 is 4.79 Å². The highest BCUT2D eigenvalue weighted by atomic mass is 16.1. The topological polar surface area (TPSA) is 91.8 Å². The van der Waals surface area contributed by atoms with Gasteiger partial charge < -0.3 is 16.0 Å². The van der Waals surface area contributed by atoms with Crippen molar-refractivity contribution in [3.63, 3.8) is 0 Å². The fraction of sp³-hybridized carbons (Fsp3) is 0.0833. The Kier molecular flexibility index (Phi) is 5.84. The van der Waals surface area contributed by atoms with Crippen LogP contribution in [-0.2, 0) is 0 Å². The van der Waals surface area contributed by atoms with E-state index in [1.165, 1.54) is 6.33 Å². The summed E-state index contributed by atoms with van der Waals surface area (Å²) in [5.41, 5.74) is 4.31. The molecule has 3 N–H and O–H groups in total. The highest BCUT2D eigenvalue weighted by molar-refractivity contribution is 6.05. The van der Waals surface area contributed by atoms with Crippen molar-refractivity contribution in [1.82, 2.24) is 15.0 Å². The number of aryl methyl sites for hydroxylation is 2. The molecule has 0 unspecified atom stereocenters. The van der Waals surface area contributed by atoms with Crippen LogP contribution >= 0.6 is 0 Å². The van der Waals surface area contributed by atoms with E-state index < -0.39 is 0 Å². The minimum Gasteiger partial charge on any atom is -0.340 e. The molecule has 31 heavy (non-hydrogen) atoms. The number of pyridine rings is 1. The van der Waals surface area contributed by atoms with Crippen LogP contribution in [0.1, 0.15) is 21.5 Å². The fourth-order valence-electron chi connectivity index (χ4n) is 3.11. The van der Waals surface area contributed by atoms with Gasteiger partial charge in [-0.3, -0.25) is 4.79 Å². The first kappa shape index (κ1) is 20.0. The lowest BCUT2D eigenvalue weighted by Gasteiger charge is -2.10. The molecule has 4 rings (SSSR count). The van der Waals surface area contributed by atoms with E-state index in [0.29, 0.717) is 23.0 Å². The zero-order valence-electron chi connectivity index (χ0n) is 17.3. The van der Waals surface area contributed by atoms with Crippen LogP contribution < -0.4 is 16.0 Å². The molecule has 1 amide bonds. The average molecular weight is 410 g/mol. The lowest BCUT2D eigenvalue weighted by Crippen LogP contribution is -2.13. The summed E-state index contributed by atoms with van der Waals surface area (Å²) < 4.78 is 0. The molecular formula is C24H22N6O. The molecule has 0 aliphatic carbocycles. The van der Waals surface area contributed by atoms with Gasteiger partial charge in [0, 0.05) is 29.2 Å². The van der Waals surface area contributed by atoms with Crippen molar-refractivity contribution in [2.75, 3.05) is 16.0 Å². The minimum absolute atomic E-state index is 0.126. The normalized spacial score (nSPS) is 10.4. The largest absolute Gasteiger partial charge is 0.340 e. The molecule has 0 fully saturated rings. The van der Waals surface area contributed by atoms with Crippen molar-refractivity contribution >= 4 is 34.7 Å². The number of amides is 1. The van der Waals surface area contributed by atoms with Crippen molar-refractivity contribution in [3.8, 4) is 0 Å². The Morgan fingerprint density at radius 1 is 0.742 bits per heavy atom. The molecule has 7 nitrogen and oxygen atoms in total. The van der Waals surface area contributed by atoms with Gasteiger partial charge in [-0.25, -0.2) is 15.0 Å². The standard InChI is InChI=1S/C24H22N6O/c1-16-6-11-20(17(2)13-16)24(31)29-19-9-7-18(8-10-19)28-22-14-23(27-15-26-22)30-21-5-3-4-12-25-21/h3-15H,1-2H3,(H,29,31)(H2,25,26,27,28,30). The van der Waals surface area contributed by atoms with Crippen molar-refractivity contribution in [3.05, 3.63) is 95.9 Å². The fourth-order valence-corrected chi connectivity index (χ4v) is 3.11. The van der Waals surface area contributed by atoms with E-state index in [4.69, 9.17) is 0 Å². The summed E-state index contributed by atoms with van der Waals surface area (Å²) in [6.45, 7) is 3.95. The molecule has 0 spiro atoms. The van der Waals surface area contributed by atoms with E-state index in [-0.39, 0.29) is 5.91 Å². The maximum atomic E-state index is 12.6. The number of hydrogen-bond acceptors (Lipinski definition) is 6. The quantitative estimate of drug-likeness (QED) is 0.403. The summed E-state index contributed by atoms with van der Waals surface area (Å²) in [5, 5.41) is 9.30. The number of hydrogen-bond donors (Lipinski definition) is 3. The van der Waals surface area contributed by atoms with Gasteiger partial charge in [0.2, 0.25) is 0 Å². The number of carbonyl (C=O) groups excluding carboxylic acids is 1. The SMILES string of the molecule is Cc1ccc(C(=O)Nc2ccc(Nc3cc(Nc4ccccn4)ncn3)cc2)c(C)c1. The zero-order valence-corrected chi connectivity index (χ0v) is 17.3. The molecule has 0 radical (unpaired) electrons. The number of carbonyl (C=O) groups is 1. The smallest absolute Gasteiger partial charge is 0.255 e. The molecule has 4 aromatic rings. The lowest BCUT2D eigenvalue weighted by molar-refractivity contribution is 0.102. The summed E-state index contributed by atoms with van der Waals surface area (Å²) in [4.78, 5) is 25.2. The van der Waals surface area contributed by atoms with Gasteiger partial charge in [-0.2, -0.15) is 0 Å². The second kappa shape index (κ2) is 9.04. The molecule has 154 valence electrons. The van der Waals surface area contributed by atoms with Crippen LogP contribution in [0.15, 0.2) is 79.3 Å². The number of anilines is 5. The van der Waals surface area contributed by atoms with Crippen LogP contribution in [0.25, 0.3) is 0 Å². The van der Waals surface area contributed by atoms with E-state index in [1.807, 2.05) is 74.5 Å². The van der Waals surface area contributed by atoms with Crippen LogP contribution in [0.2, 0.25) is 0 Å². The van der Waals surface area contributed by atoms with E-state index in [2.05, 4.69) is 30.9 Å².